The van der Waals surface area contributed by atoms with Crippen molar-refractivity contribution < 1.29 is 8.42 Å². The number of aliphatic imine (C=N–C) groups is 1. The van der Waals surface area contributed by atoms with Crippen molar-refractivity contribution in [1.29, 1.82) is 0 Å². The van der Waals surface area contributed by atoms with E-state index in [0.717, 1.165) is 18.9 Å². The Kier molecular flexibility index (Phi) is 5.01. The quantitative estimate of drug-likeness (QED) is 0.490. The van der Waals surface area contributed by atoms with E-state index in [1.165, 1.54) is 36.9 Å². The lowest BCUT2D eigenvalue weighted by molar-refractivity contribution is 0.478. The molecular weight excluding hydrogens is 358 g/mol. The third kappa shape index (κ3) is 3.64. The van der Waals surface area contributed by atoms with Gasteiger partial charge in [-0.2, -0.15) is 0 Å². The predicted molar refractivity (Wildman–Crippen MR) is 111 cm³/mol. The van der Waals surface area contributed by atoms with Gasteiger partial charge in [0.2, 0.25) is 0 Å². The summed E-state index contributed by atoms with van der Waals surface area (Å²) in [6, 6.07) is 8.69. The van der Waals surface area contributed by atoms with Gasteiger partial charge < -0.3 is 10.2 Å². The average Bonchev–Trinajstić information content (AvgIpc) is 3.35. The second kappa shape index (κ2) is 7.30. The van der Waals surface area contributed by atoms with Gasteiger partial charge in [0.15, 0.2) is 15.8 Å². The summed E-state index contributed by atoms with van der Waals surface area (Å²) in [7, 11) is -2.87. The molecule has 5 nitrogen and oxygen atoms in total. The molecule has 2 fully saturated rings. The number of anilines is 1. The van der Waals surface area contributed by atoms with Crippen LogP contribution in [0.4, 0.5) is 5.69 Å². The number of hydrogen-bond acceptors (Lipinski definition) is 3. The number of para-hydroxylation sites is 1. The van der Waals surface area contributed by atoms with E-state index < -0.39 is 9.84 Å². The summed E-state index contributed by atoms with van der Waals surface area (Å²) >= 11 is 0. The molecule has 6 heteroatoms. The highest BCUT2D eigenvalue weighted by Gasteiger charge is 2.45. The van der Waals surface area contributed by atoms with E-state index >= 15 is 0 Å². The molecule has 1 aromatic carbocycles. The molecule has 1 spiro atoms. The van der Waals surface area contributed by atoms with E-state index in [0.29, 0.717) is 18.8 Å². The van der Waals surface area contributed by atoms with Gasteiger partial charge in [0.05, 0.1) is 11.5 Å². The largest absolute Gasteiger partial charge is 0.352 e. The average molecular weight is 388 g/mol. The normalized spacial score (nSPS) is 25.7. The van der Waals surface area contributed by atoms with Crippen LogP contribution in [-0.4, -0.2) is 45.5 Å². The fraction of sp³-hybridized carbons (Fsp3) is 0.571. The van der Waals surface area contributed by atoms with Crippen LogP contribution in [0.5, 0.6) is 0 Å². The minimum atomic E-state index is -2.87. The first-order chi connectivity index (χ1) is 13.0. The smallest absolute Gasteiger partial charge is 0.198 e. The summed E-state index contributed by atoms with van der Waals surface area (Å²) in [5.74, 6) is 1.56. The molecule has 27 heavy (non-hydrogen) atoms. The summed E-state index contributed by atoms with van der Waals surface area (Å²) in [4.78, 5) is 7.18. The van der Waals surface area contributed by atoms with Crippen molar-refractivity contribution in [2.24, 2.45) is 10.9 Å². The second-order valence-electron chi connectivity index (χ2n) is 8.19. The van der Waals surface area contributed by atoms with E-state index in [-0.39, 0.29) is 17.1 Å². The van der Waals surface area contributed by atoms with Crippen LogP contribution in [-0.2, 0) is 15.3 Å². The third-order valence-electron chi connectivity index (χ3n) is 6.27. The molecule has 0 amide bonds. The molecule has 1 aliphatic carbocycles. The number of nitrogens with one attached hydrogen (secondary N) is 1. The van der Waals surface area contributed by atoms with Gasteiger partial charge in [0, 0.05) is 30.7 Å². The Labute approximate surface area is 162 Å². The fourth-order valence-electron chi connectivity index (χ4n) is 4.93. The molecule has 4 rings (SSSR count). The van der Waals surface area contributed by atoms with E-state index in [2.05, 4.69) is 41.1 Å². The number of fused-ring (bicyclic) bond motifs is 2. The Morgan fingerprint density at radius 2 is 2.11 bits per heavy atom. The summed E-state index contributed by atoms with van der Waals surface area (Å²) < 4.78 is 23.5. The van der Waals surface area contributed by atoms with Crippen molar-refractivity contribution in [2.75, 3.05) is 36.0 Å². The van der Waals surface area contributed by atoms with Gasteiger partial charge in [0.25, 0.3) is 0 Å². The second-order valence-corrected chi connectivity index (χ2v) is 10.4. The van der Waals surface area contributed by atoms with E-state index in [1.54, 1.807) is 0 Å². The predicted octanol–water partition coefficient (Wildman–Crippen LogP) is 2.88. The lowest BCUT2D eigenvalue weighted by Gasteiger charge is -2.27. The van der Waals surface area contributed by atoms with Gasteiger partial charge in [-0.15, -0.1) is 6.58 Å². The summed E-state index contributed by atoms with van der Waals surface area (Å²) in [6.07, 6.45) is 7.60. The van der Waals surface area contributed by atoms with Crippen molar-refractivity contribution in [3.8, 4) is 0 Å². The van der Waals surface area contributed by atoms with Crippen molar-refractivity contribution in [3.05, 3.63) is 42.5 Å². The lowest BCUT2D eigenvalue weighted by atomic mass is 9.81. The minimum Gasteiger partial charge on any atom is -0.352 e. The SMILES string of the molecule is C=CCNC(=NCC1CCS(=O)(=O)C1)N1CC2(CCCC2)c2ccccc21. The molecule has 3 aliphatic rings. The molecule has 1 unspecified atom stereocenters. The molecule has 1 aromatic rings. The van der Waals surface area contributed by atoms with Gasteiger partial charge in [0.1, 0.15) is 0 Å². The number of nitrogens with zero attached hydrogens (tertiary/aromatic N) is 2. The Morgan fingerprint density at radius 3 is 2.81 bits per heavy atom. The monoisotopic (exact) mass is 387 g/mol. The van der Waals surface area contributed by atoms with Crippen molar-refractivity contribution in [3.63, 3.8) is 0 Å². The molecule has 2 heterocycles. The van der Waals surface area contributed by atoms with Gasteiger partial charge in [-0.1, -0.05) is 37.1 Å². The molecule has 146 valence electrons. The first-order valence-corrected chi connectivity index (χ1v) is 11.8. The highest BCUT2D eigenvalue weighted by molar-refractivity contribution is 7.91. The number of hydrogen-bond donors (Lipinski definition) is 1. The molecule has 1 saturated heterocycles. The Bertz CT molecular complexity index is 841. The maximum absolute atomic E-state index is 11.8. The van der Waals surface area contributed by atoms with E-state index in [4.69, 9.17) is 4.99 Å². The summed E-state index contributed by atoms with van der Waals surface area (Å²) in [6.45, 7) is 5.98. The first kappa shape index (κ1) is 18.5. The van der Waals surface area contributed by atoms with Crippen LogP contribution in [0.2, 0.25) is 0 Å². The molecule has 0 radical (unpaired) electrons. The maximum atomic E-state index is 11.8. The van der Waals surface area contributed by atoms with Gasteiger partial charge in [-0.05, 0) is 36.8 Å². The number of sulfone groups is 1. The molecule has 1 saturated carbocycles. The van der Waals surface area contributed by atoms with Crippen LogP contribution in [0.25, 0.3) is 0 Å². The molecule has 1 atom stereocenters. The highest BCUT2D eigenvalue weighted by Crippen LogP contribution is 2.50. The van der Waals surface area contributed by atoms with Crippen molar-refractivity contribution in [1.82, 2.24) is 5.32 Å². The van der Waals surface area contributed by atoms with Crippen molar-refractivity contribution >= 4 is 21.5 Å². The molecular formula is C21H29N3O2S. The van der Waals surface area contributed by atoms with Gasteiger partial charge >= 0.3 is 0 Å². The van der Waals surface area contributed by atoms with E-state index in [1.807, 2.05) is 6.08 Å². The third-order valence-corrected chi connectivity index (χ3v) is 8.11. The lowest BCUT2D eigenvalue weighted by Crippen LogP contribution is -2.43. The Balaban J connectivity index is 1.60. The molecule has 1 N–H and O–H groups in total. The summed E-state index contributed by atoms with van der Waals surface area (Å²) in [5, 5.41) is 3.41. The van der Waals surface area contributed by atoms with Crippen LogP contribution >= 0.6 is 0 Å². The first-order valence-electron chi connectivity index (χ1n) is 10.00. The minimum absolute atomic E-state index is 0.133. The molecule has 2 aliphatic heterocycles. The maximum Gasteiger partial charge on any atom is 0.198 e. The van der Waals surface area contributed by atoms with Crippen LogP contribution in [0.1, 0.15) is 37.7 Å². The van der Waals surface area contributed by atoms with Crippen molar-refractivity contribution in [2.45, 2.75) is 37.5 Å². The Hall–Kier alpha value is -1.82. The molecule has 0 bridgehead atoms. The Morgan fingerprint density at radius 1 is 1.33 bits per heavy atom. The number of rotatable bonds is 4. The number of guanidine groups is 1. The zero-order chi connectivity index (χ0) is 18.9. The number of benzene rings is 1. The molecule has 0 aromatic heterocycles. The highest BCUT2D eigenvalue weighted by atomic mass is 32.2. The summed E-state index contributed by atoms with van der Waals surface area (Å²) in [5.41, 5.74) is 2.93. The van der Waals surface area contributed by atoms with Gasteiger partial charge in [-0.25, -0.2) is 8.42 Å². The topological polar surface area (TPSA) is 61.8 Å². The van der Waals surface area contributed by atoms with Crippen LogP contribution in [0, 0.1) is 5.92 Å². The zero-order valence-corrected chi connectivity index (χ0v) is 16.7. The fourth-order valence-corrected chi connectivity index (χ4v) is 6.78. The van der Waals surface area contributed by atoms with Crippen LogP contribution in [0.3, 0.4) is 0 Å². The van der Waals surface area contributed by atoms with Crippen LogP contribution < -0.4 is 10.2 Å². The van der Waals surface area contributed by atoms with Gasteiger partial charge in [-0.3, -0.25) is 4.99 Å². The van der Waals surface area contributed by atoms with E-state index in [9.17, 15) is 8.42 Å². The van der Waals surface area contributed by atoms with Crippen LogP contribution in [0.15, 0.2) is 41.9 Å². The standard InChI is InChI=1S/C21H29N3O2S/c1-2-12-22-20(23-14-17-9-13-27(25,26)15-17)24-16-21(10-5-6-11-21)18-7-3-4-8-19(18)24/h2-4,7-8,17H,1,5-6,9-16H2,(H,22,23). The zero-order valence-electron chi connectivity index (χ0n) is 15.9.